The van der Waals surface area contributed by atoms with Crippen molar-refractivity contribution in [3.05, 3.63) is 35.4 Å². The second kappa shape index (κ2) is 7.17. The van der Waals surface area contributed by atoms with E-state index < -0.39 is 24.2 Å². The van der Waals surface area contributed by atoms with Gasteiger partial charge in [-0.25, -0.2) is 4.79 Å². The Kier molecular flexibility index (Phi) is 5.11. The molecule has 3 rings (SSSR count). The second-order valence-corrected chi connectivity index (χ2v) is 6.83. The summed E-state index contributed by atoms with van der Waals surface area (Å²) in [5, 5.41) is 9.07. The van der Waals surface area contributed by atoms with Crippen LogP contribution in [0.3, 0.4) is 0 Å². The third-order valence-corrected chi connectivity index (χ3v) is 5.32. The molecule has 1 aromatic carbocycles. The van der Waals surface area contributed by atoms with E-state index in [1.807, 2.05) is 12.1 Å². The molecule has 0 bridgehead atoms. The Balaban J connectivity index is 1.83. The SMILES string of the molecule is O=C(O)N1CCC(c2ccccc2C2CCCN2C(=O)C(F)(F)F)CC1. The largest absolute Gasteiger partial charge is 0.471 e. The van der Waals surface area contributed by atoms with Crippen molar-refractivity contribution in [1.29, 1.82) is 0 Å². The van der Waals surface area contributed by atoms with E-state index in [-0.39, 0.29) is 12.5 Å². The summed E-state index contributed by atoms with van der Waals surface area (Å²) in [5.41, 5.74) is 1.70. The summed E-state index contributed by atoms with van der Waals surface area (Å²) >= 11 is 0. The fraction of sp³-hybridized carbons (Fsp3) is 0.556. The van der Waals surface area contributed by atoms with E-state index in [0.29, 0.717) is 38.8 Å². The van der Waals surface area contributed by atoms with Crippen molar-refractivity contribution in [3.8, 4) is 0 Å². The lowest BCUT2D eigenvalue weighted by molar-refractivity contribution is -0.186. The summed E-state index contributed by atoms with van der Waals surface area (Å²) in [6.07, 6.45) is -3.52. The normalized spacial score (nSPS) is 21.9. The zero-order chi connectivity index (χ0) is 18.9. The number of carbonyl (C=O) groups excluding carboxylic acids is 1. The first-order valence-corrected chi connectivity index (χ1v) is 8.73. The number of halogens is 3. The molecule has 2 saturated heterocycles. The van der Waals surface area contributed by atoms with Crippen molar-refractivity contribution < 1.29 is 27.9 Å². The van der Waals surface area contributed by atoms with Crippen LogP contribution in [0.15, 0.2) is 24.3 Å². The maximum Gasteiger partial charge on any atom is 0.471 e. The highest BCUT2D eigenvalue weighted by atomic mass is 19.4. The minimum absolute atomic E-state index is 0.0882. The number of hydrogen-bond acceptors (Lipinski definition) is 2. The van der Waals surface area contributed by atoms with Gasteiger partial charge in [-0.3, -0.25) is 4.79 Å². The Morgan fingerprint density at radius 2 is 1.62 bits per heavy atom. The first kappa shape index (κ1) is 18.5. The smallest absolute Gasteiger partial charge is 0.465 e. The van der Waals surface area contributed by atoms with Gasteiger partial charge >= 0.3 is 18.2 Å². The van der Waals surface area contributed by atoms with Gasteiger partial charge in [-0.1, -0.05) is 24.3 Å². The third kappa shape index (κ3) is 3.64. The summed E-state index contributed by atoms with van der Waals surface area (Å²) in [4.78, 5) is 25.1. The van der Waals surface area contributed by atoms with Crippen LogP contribution < -0.4 is 0 Å². The van der Waals surface area contributed by atoms with Crippen LogP contribution in [0.25, 0.3) is 0 Å². The van der Waals surface area contributed by atoms with Crippen LogP contribution in [0.2, 0.25) is 0 Å². The fourth-order valence-corrected chi connectivity index (χ4v) is 4.06. The highest BCUT2D eigenvalue weighted by Crippen LogP contribution is 2.40. The van der Waals surface area contributed by atoms with Crippen LogP contribution >= 0.6 is 0 Å². The molecule has 0 aromatic heterocycles. The molecule has 0 saturated carbocycles. The molecule has 0 radical (unpaired) electrons. The molecule has 8 heteroatoms. The zero-order valence-corrected chi connectivity index (χ0v) is 14.2. The molecule has 2 heterocycles. The van der Waals surface area contributed by atoms with E-state index in [1.165, 1.54) is 4.90 Å². The van der Waals surface area contributed by atoms with Crippen molar-refractivity contribution in [2.24, 2.45) is 0 Å². The lowest BCUT2D eigenvalue weighted by Crippen LogP contribution is -2.41. The number of nitrogens with zero attached hydrogens (tertiary/aromatic N) is 2. The number of alkyl halides is 3. The van der Waals surface area contributed by atoms with Crippen molar-refractivity contribution in [1.82, 2.24) is 9.80 Å². The topological polar surface area (TPSA) is 60.9 Å². The summed E-state index contributed by atoms with van der Waals surface area (Å²) in [5.74, 6) is -1.69. The van der Waals surface area contributed by atoms with E-state index >= 15 is 0 Å². The molecule has 5 nitrogen and oxygen atoms in total. The molecule has 0 spiro atoms. The second-order valence-electron chi connectivity index (χ2n) is 6.83. The van der Waals surface area contributed by atoms with Gasteiger partial charge in [0.25, 0.3) is 0 Å². The first-order chi connectivity index (χ1) is 12.3. The van der Waals surface area contributed by atoms with E-state index in [4.69, 9.17) is 5.11 Å². The molecule has 2 amide bonds. The van der Waals surface area contributed by atoms with E-state index in [2.05, 4.69) is 0 Å². The van der Waals surface area contributed by atoms with Gasteiger partial charge in [0.15, 0.2) is 0 Å². The molecule has 2 aliphatic rings. The third-order valence-electron chi connectivity index (χ3n) is 5.32. The van der Waals surface area contributed by atoms with Crippen molar-refractivity contribution in [3.63, 3.8) is 0 Å². The Morgan fingerprint density at radius 3 is 2.19 bits per heavy atom. The molecule has 0 aliphatic carbocycles. The number of rotatable bonds is 2. The standard InChI is InChI=1S/C18H21F3N2O3/c19-18(20,21)16(24)23-9-3-6-15(23)14-5-2-1-4-13(14)12-7-10-22(11-8-12)17(25)26/h1-2,4-5,12,15H,3,6-11H2,(H,25,26). The van der Waals surface area contributed by atoms with Crippen molar-refractivity contribution in [2.45, 2.75) is 43.8 Å². The summed E-state index contributed by atoms with van der Waals surface area (Å²) in [6, 6.07) is 6.74. The van der Waals surface area contributed by atoms with Crippen molar-refractivity contribution >= 4 is 12.0 Å². The zero-order valence-electron chi connectivity index (χ0n) is 14.2. The van der Waals surface area contributed by atoms with E-state index in [0.717, 1.165) is 16.0 Å². The highest BCUT2D eigenvalue weighted by molar-refractivity contribution is 5.82. The quantitative estimate of drug-likeness (QED) is 0.862. The number of benzene rings is 1. The van der Waals surface area contributed by atoms with Crippen LogP contribution in [0, 0.1) is 0 Å². The van der Waals surface area contributed by atoms with Crippen LogP contribution in [0.4, 0.5) is 18.0 Å². The van der Waals surface area contributed by atoms with E-state index in [1.54, 1.807) is 12.1 Å². The molecule has 2 fully saturated rings. The molecule has 2 aliphatic heterocycles. The lowest BCUT2D eigenvalue weighted by Gasteiger charge is -2.33. The molecule has 1 atom stereocenters. The van der Waals surface area contributed by atoms with Crippen LogP contribution in [0.1, 0.15) is 48.8 Å². The minimum Gasteiger partial charge on any atom is -0.465 e. The van der Waals surface area contributed by atoms with Crippen LogP contribution in [0.5, 0.6) is 0 Å². The number of piperidine rings is 1. The summed E-state index contributed by atoms with van der Waals surface area (Å²) in [7, 11) is 0. The average Bonchev–Trinajstić information content (AvgIpc) is 3.09. The summed E-state index contributed by atoms with van der Waals surface area (Å²) in [6.45, 7) is 0.920. The van der Waals surface area contributed by atoms with Gasteiger partial charge in [0.05, 0.1) is 6.04 Å². The summed E-state index contributed by atoms with van der Waals surface area (Å²) < 4.78 is 38.7. The van der Waals surface area contributed by atoms with Gasteiger partial charge in [0, 0.05) is 19.6 Å². The number of likely N-dealkylation sites (tertiary alicyclic amines) is 2. The van der Waals surface area contributed by atoms with Gasteiger partial charge in [0.1, 0.15) is 0 Å². The predicted octanol–water partition coefficient (Wildman–Crippen LogP) is 3.77. The molecule has 1 unspecified atom stereocenters. The molecular weight excluding hydrogens is 349 g/mol. The average molecular weight is 370 g/mol. The first-order valence-electron chi connectivity index (χ1n) is 8.73. The number of amides is 2. The maximum atomic E-state index is 12.9. The molecular formula is C18H21F3N2O3. The van der Waals surface area contributed by atoms with Gasteiger partial charge in [-0.05, 0) is 42.7 Å². The van der Waals surface area contributed by atoms with Crippen LogP contribution in [-0.2, 0) is 4.79 Å². The Bertz CT molecular complexity index is 685. The fourth-order valence-electron chi connectivity index (χ4n) is 4.06. The maximum absolute atomic E-state index is 12.9. The van der Waals surface area contributed by atoms with Gasteiger partial charge in [-0.2, -0.15) is 13.2 Å². The minimum atomic E-state index is -4.87. The molecule has 26 heavy (non-hydrogen) atoms. The van der Waals surface area contributed by atoms with Gasteiger partial charge < -0.3 is 14.9 Å². The lowest BCUT2D eigenvalue weighted by atomic mass is 9.84. The molecule has 1 N–H and O–H groups in total. The van der Waals surface area contributed by atoms with Crippen LogP contribution in [-0.4, -0.2) is 52.7 Å². The monoisotopic (exact) mass is 370 g/mol. The van der Waals surface area contributed by atoms with E-state index in [9.17, 15) is 22.8 Å². The van der Waals surface area contributed by atoms with Crippen molar-refractivity contribution in [2.75, 3.05) is 19.6 Å². The Labute approximate surface area is 149 Å². The Hall–Kier alpha value is -2.25. The molecule has 142 valence electrons. The number of hydrogen-bond donors (Lipinski definition) is 1. The Morgan fingerprint density at radius 1 is 1.00 bits per heavy atom. The van der Waals surface area contributed by atoms with Gasteiger partial charge in [0.2, 0.25) is 0 Å². The predicted molar refractivity (Wildman–Crippen MR) is 87.8 cm³/mol. The number of carbonyl (C=O) groups is 2. The molecule has 1 aromatic rings. The van der Waals surface area contributed by atoms with Gasteiger partial charge in [-0.15, -0.1) is 0 Å². The number of carboxylic acid groups (broad SMARTS) is 1. The highest BCUT2D eigenvalue weighted by Gasteiger charge is 2.46.